The number of carbonyl (C=O) groups excluding carboxylic acids is 1. The van der Waals surface area contributed by atoms with Gasteiger partial charge in [-0.2, -0.15) is 11.8 Å². The summed E-state index contributed by atoms with van der Waals surface area (Å²) in [6.45, 7) is 4.77. The highest BCUT2D eigenvalue weighted by Gasteiger charge is 2.13. The van der Waals surface area contributed by atoms with Crippen LogP contribution in [-0.2, 0) is 10.5 Å². The van der Waals surface area contributed by atoms with Crippen LogP contribution in [0.1, 0.15) is 37.3 Å². The Labute approximate surface area is 119 Å². The summed E-state index contributed by atoms with van der Waals surface area (Å²) in [5.41, 5.74) is 9.95. The van der Waals surface area contributed by atoms with Crippen LogP contribution in [0.2, 0.25) is 0 Å². The third-order valence-electron chi connectivity index (χ3n) is 3.12. The lowest BCUT2D eigenvalue weighted by atomic mass is 9.99. The highest BCUT2D eigenvalue weighted by molar-refractivity contribution is 7.99. The maximum Gasteiger partial charge on any atom is 0.241 e. The molecule has 106 valence electrons. The molecule has 0 saturated carbocycles. The number of hydrogen-bond acceptors (Lipinski definition) is 4. The summed E-state index contributed by atoms with van der Waals surface area (Å²) >= 11 is 1.90. The number of nitrogens with one attached hydrogen (secondary N) is 1. The van der Waals surface area contributed by atoms with E-state index in [1.807, 2.05) is 30.8 Å². The van der Waals surface area contributed by atoms with E-state index in [0.29, 0.717) is 5.25 Å². The van der Waals surface area contributed by atoms with Crippen LogP contribution in [0.25, 0.3) is 0 Å². The van der Waals surface area contributed by atoms with Gasteiger partial charge in [-0.25, -0.2) is 5.84 Å². The van der Waals surface area contributed by atoms with Crippen LogP contribution in [0.5, 0.6) is 0 Å². The highest BCUT2D eigenvalue weighted by Crippen LogP contribution is 2.21. The molecule has 0 radical (unpaired) electrons. The van der Waals surface area contributed by atoms with Crippen molar-refractivity contribution in [3.63, 3.8) is 0 Å². The molecule has 0 fully saturated rings. The quantitative estimate of drug-likeness (QED) is 0.404. The fraction of sp³-hybridized carbons (Fsp3) is 0.500. The van der Waals surface area contributed by atoms with E-state index in [4.69, 9.17) is 11.6 Å². The largest absolute Gasteiger partial charge is 0.330 e. The van der Waals surface area contributed by atoms with Crippen molar-refractivity contribution >= 4 is 17.7 Å². The molecule has 1 aromatic rings. The predicted molar refractivity (Wildman–Crippen MR) is 81.6 cm³/mol. The smallest absolute Gasteiger partial charge is 0.241 e. The van der Waals surface area contributed by atoms with Crippen molar-refractivity contribution in [2.75, 3.05) is 6.54 Å². The van der Waals surface area contributed by atoms with E-state index in [1.165, 1.54) is 5.56 Å². The zero-order valence-electron chi connectivity index (χ0n) is 11.6. The number of carbonyl (C=O) groups is 1. The lowest BCUT2D eigenvalue weighted by Crippen LogP contribution is -2.33. The summed E-state index contributed by atoms with van der Waals surface area (Å²) < 4.78 is 0. The average molecular weight is 281 g/mol. The van der Waals surface area contributed by atoms with E-state index < -0.39 is 0 Å². The van der Waals surface area contributed by atoms with Gasteiger partial charge >= 0.3 is 0 Å². The maximum atomic E-state index is 11.4. The van der Waals surface area contributed by atoms with Crippen molar-refractivity contribution in [3.05, 3.63) is 35.4 Å². The number of amides is 1. The highest BCUT2D eigenvalue weighted by atomic mass is 32.2. The van der Waals surface area contributed by atoms with Gasteiger partial charge in [0.2, 0.25) is 5.91 Å². The van der Waals surface area contributed by atoms with E-state index in [2.05, 4.69) is 24.5 Å². The summed E-state index contributed by atoms with van der Waals surface area (Å²) in [6, 6.07) is 8.11. The van der Waals surface area contributed by atoms with Gasteiger partial charge in [0.1, 0.15) is 0 Å². The predicted octanol–water partition coefficient (Wildman–Crippen LogP) is 1.75. The third-order valence-corrected chi connectivity index (χ3v) is 4.43. The zero-order valence-corrected chi connectivity index (χ0v) is 12.4. The number of hydrogen-bond donors (Lipinski definition) is 3. The van der Waals surface area contributed by atoms with Crippen LogP contribution >= 0.6 is 11.8 Å². The van der Waals surface area contributed by atoms with Gasteiger partial charge in [-0.1, -0.05) is 31.2 Å². The first-order valence-electron chi connectivity index (χ1n) is 6.49. The Morgan fingerprint density at radius 3 is 2.47 bits per heavy atom. The Morgan fingerprint density at radius 2 is 1.95 bits per heavy atom. The Hall–Kier alpha value is -1.04. The molecule has 1 rings (SSSR count). The average Bonchev–Trinajstić information content (AvgIpc) is 2.44. The summed E-state index contributed by atoms with van der Waals surface area (Å²) in [4.78, 5) is 11.4. The Bertz CT molecular complexity index is 394. The second-order valence-corrected chi connectivity index (χ2v) is 6.10. The van der Waals surface area contributed by atoms with Gasteiger partial charge in [-0.15, -0.1) is 0 Å². The van der Waals surface area contributed by atoms with Gasteiger partial charge in [0.15, 0.2) is 0 Å². The standard InChI is InChI=1S/C14H23N3OS/c1-10(7-8-15)19-9-12-3-5-13(6-4-12)11(2)14(18)17-16/h3-6,10-11H,7-9,15-16H2,1-2H3,(H,17,18). The summed E-state index contributed by atoms with van der Waals surface area (Å²) in [5, 5.41) is 0.576. The molecule has 1 amide bonds. The Kier molecular flexibility index (Phi) is 6.91. The van der Waals surface area contributed by atoms with E-state index >= 15 is 0 Å². The van der Waals surface area contributed by atoms with Crippen molar-refractivity contribution in [1.82, 2.24) is 5.43 Å². The van der Waals surface area contributed by atoms with Crippen LogP contribution < -0.4 is 17.0 Å². The summed E-state index contributed by atoms with van der Waals surface area (Å²) in [6.07, 6.45) is 1.04. The third kappa shape index (κ3) is 5.22. The first-order valence-corrected chi connectivity index (χ1v) is 7.54. The fourth-order valence-electron chi connectivity index (χ4n) is 1.74. The van der Waals surface area contributed by atoms with Gasteiger partial charge in [-0.05, 0) is 31.0 Å². The minimum absolute atomic E-state index is 0.168. The molecule has 0 aromatic heterocycles. The maximum absolute atomic E-state index is 11.4. The van der Waals surface area contributed by atoms with Crippen LogP contribution in [-0.4, -0.2) is 17.7 Å². The molecule has 0 spiro atoms. The zero-order chi connectivity index (χ0) is 14.3. The van der Waals surface area contributed by atoms with Crippen molar-refractivity contribution in [2.24, 2.45) is 11.6 Å². The molecular weight excluding hydrogens is 258 g/mol. The molecular formula is C14H23N3OS. The molecule has 5 N–H and O–H groups in total. The van der Waals surface area contributed by atoms with E-state index in [1.54, 1.807) is 0 Å². The molecule has 5 heteroatoms. The van der Waals surface area contributed by atoms with Crippen LogP contribution in [0.4, 0.5) is 0 Å². The molecule has 0 aliphatic heterocycles. The fourth-order valence-corrected chi connectivity index (χ4v) is 2.71. The van der Waals surface area contributed by atoms with Gasteiger partial charge in [0, 0.05) is 11.0 Å². The molecule has 0 bridgehead atoms. The van der Waals surface area contributed by atoms with Gasteiger partial charge < -0.3 is 5.73 Å². The van der Waals surface area contributed by atoms with E-state index in [-0.39, 0.29) is 11.8 Å². The lowest BCUT2D eigenvalue weighted by Gasteiger charge is -2.12. The van der Waals surface area contributed by atoms with Crippen molar-refractivity contribution in [1.29, 1.82) is 0 Å². The second kappa shape index (κ2) is 8.19. The van der Waals surface area contributed by atoms with E-state index in [9.17, 15) is 4.79 Å². The van der Waals surface area contributed by atoms with Crippen LogP contribution in [0.15, 0.2) is 24.3 Å². The number of thioether (sulfide) groups is 1. The normalized spacial score (nSPS) is 13.9. The first kappa shape index (κ1) is 16.0. The number of benzene rings is 1. The summed E-state index contributed by atoms with van der Waals surface area (Å²) in [5.74, 6) is 5.72. The minimum Gasteiger partial charge on any atom is -0.330 e. The monoisotopic (exact) mass is 281 g/mol. The van der Waals surface area contributed by atoms with Gasteiger partial charge in [0.25, 0.3) is 0 Å². The van der Waals surface area contributed by atoms with Crippen LogP contribution in [0, 0.1) is 0 Å². The molecule has 0 aliphatic carbocycles. The first-order chi connectivity index (χ1) is 9.08. The Morgan fingerprint density at radius 1 is 1.32 bits per heavy atom. The number of nitrogens with two attached hydrogens (primary N) is 2. The molecule has 4 nitrogen and oxygen atoms in total. The summed E-state index contributed by atoms with van der Waals surface area (Å²) in [7, 11) is 0. The number of hydrazine groups is 1. The molecule has 1 aromatic carbocycles. The van der Waals surface area contributed by atoms with Gasteiger partial charge in [-0.3, -0.25) is 10.2 Å². The molecule has 19 heavy (non-hydrogen) atoms. The molecule has 0 heterocycles. The Balaban J connectivity index is 2.54. The second-order valence-electron chi connectivity index (χ2n) is 4.67. The van der Waals surface area contributed by atoms with Crippen molar-refractivity contribution in [3.8, 4) is 0 Å². The minimum atomic E-state index is -0.220. The lowest BCUT2D eigenvalue weighted by molar-refractivity contribution is -0.122. The molecule has 0 aliphatic rings. The molecule has 0 saturated heterocycles. The van der Waals surface area contributed by atoms with Crippen molar-refractivity contribution < 1.29 is 4.79 Å². The molecule has 2 atom stereocenters. The SMILES string of the molecule is CC(CCN)SCc1ccc(C(C)C(=O)NN)cc1. The molecule has 2 unspecified atom stereocenters. The van der Waals surface area contributed by atoms with E-state index in [0.717, 1.165) is 24.3 Å². The topological polar surface area (TPSA) is 81.1 Å². The van der Waals surface area contributed by atoms with Crippen molar-refractivity contribution in [2.45, 2.75) is 37.2 Å². The van der Waals surface area contributed by atoms with Gasteiger partial charge in [0.05, 0.1) is 5.92 Å². The number of rotatable bonds is 7. The van der Waals surface area contributed by atoms with Crippen LogP contribution in [0.3, 0.4) is 0 Å².